The summed E-state index contributed by atoms with van der Waals surface area (Å²) >= 11 is 0. The predicted molar refractivity (Wildman–Crippen MR) is 99.6 cm³/mol. The van der Waals surface area contributed by atoms with Gasteiger partial charge in [0.2, 0.25) is 0 Å². The molecule has 2 unspecified atom stereocenters. The van der Waals surface area contributed by atoms with Gasteiger partial charge in [-0.25, -0.2) is 4.79 Å². The number of carbonyl (C=O) groups excluding carboxylic acids is 1. The number of likely N-dealkylation sites (tertiary alicyclic amines) is 1. The molecule has 1 saturated heterocycles. The molecule has 2 aliphatic rings. The fraction of sp³-hybridized carbons (Fsp3) is 0.650. The lowest BCUT2D eigenvalue weighted by atomic mass is 9.99. The van der Waals surface area contributed by atoms with Crippen molar-refractivity contribution in [1.82, 2.24) is 15.1 Å². The number of nitrogens with zero attached hydrogens (tertiary/aromatic N) is 2. The third-order valence-corrected chi connectivity index (χ3v) is 5.40. The van der Waals surface area contributed by atoms with Crippen molar-refractivity contribution in [1.29, 1.82) is 0 Å². The summed E-state index contributed by atoms with van der Waals surface area (Å²) in [6, 6.07) is 9.06. The zero-order valence-corrected chi connectivity index (χ0v) is 15.5. The Morgan fingerprint density at radius 1 is 1.32 bits per heavy atom. The summed E-state index contributed by atoms with van der Waals surface area (Å²) in [6.45, 7) is 9.20. The molecule has 1 fully saturated rings. The molecule has 1 aromatic carbocycles. The van der Waals surface area contributed by atoms with Crippen molar-refractivity contribution >= 4 is 6.03 Å². The Morgan fingerprint density at radius 3 is 2.92 bits per heavy atom. The van der Waals surface area contributed by atoms with Crippen molar-refractivity contribution in [3.8, 4) is 0 Å². The van der Waals surface area contributed by atoms with Gasteiger partial charge in [-0.15, -0.1) is 0 Å². The van der Waals surface area contributed by atoms with Crippen LogP contribution in [0.15, 0.2) is 24.3 Å². The van der Waals surface area contributed by atoms with Crippen LogP contribution in [-0.4, -0.2) is 60.8 Å². The van der Waals surface area contributed by atoms with Gasteiger partial charge in [-0.1, -0.05) is 24.3 Å². The van der Waals surface area contributed by atoms with E-state index in [0.717, 1.165) is 38.9 Å². The molecular weight excluding hydrogens is 314 g/mol. The van der Waals surface area contributed by atoms with Crippen molar-refractivity contribution in [2.24, 2.45) is 0 Å². The Bertz CT molecular complexity index is 576. The third kappa shape index (κ3) is 4.73. The first-order chi connectivity index (χ1) is 12.2. The minimum atomic E-state index is 0.0497. The van der Waals surface area contributed by atoms with Crippen LogP contribution in [-0.2, 0) is 17.7 Å². The number of hydrogen-bond acceptors (Lipinski definition) is 3. The maximum absolute atomic E-state index is 12.5. The van der Waals surface area contributed by atoms with E-state index in [0.29, 0.717) is 25.7 Å². The highest BCUT2D eigenvalue weighted by Crippen LogP contribution is 2.20. The van der Waals surface area contributed by atoms with Crippen LogP contribution in [0.4, 0.5) is 4.79 Å². The average Bonchev–Trinajstić information content (AvgIpc) is 2.66. The van der Waals surface area contributed by atoms with E-state index in [1.165, 1.54) is 11.1 Å². The molecule has 5 nitrogen and oxygen atoms in total. The number of fused-ring (bicyclic) bond motifs is 1. The number of carbonyl (C=O) groups is 1. The molecule has 0 spiro atoms. The number of amides is 2. The minimum absolute atomic E-state index is 0.0497. The monoisotopic (exact) mass is 345 g/mol. The van der Waals surface area contributed by atoms with E-state index >= 15 is 0 Å². The van der Waals surface area contributed by atoms with Gasteiger partial charge < -0.3 is 15.0 Å². The maximum Gasteiger partial charge on any atom is 0.317 e. The normalized spacial score (nSPS) is 22.3. The van der Waals surface area contributed by atoms with Crippen LogP contribution < -0.4 is 5.32 Å². The summed E-state index contributed by atoms with van der Waals surface area (Å²) in [5, 5.41) is 3.13. The van der Waals surface area contributed by atoms with Crippen molar-refractivity contribution in [2.75, 3.05) is 32.8 Å². The number of nitrogens with one attached hydrogen (secondary N) is 1. The Kier molecular flexibility index (Phi) is 6.32. The standard InChI is InChI=1S/C20H31N3O2/c1-3-25-19-9-6-11-23(15-19)20(24)21-13-16(2)22-12-10-17-7-4-5-8-18(17)14-22/h4-5,7-8,16,19H,3,6,9-15H2,1-2H3,(H,21,24). The molecule has 2 atom stereocenters. The zero-order chi connectivity index (χ0) is 17.6. The molecule has 25 heavy (non-hydrogen) atoms. The molecule has 2 aliphatic heterocycles. The molecule has 2 amide bonds. The summed E-state index contributed by atoms with van der Waals surface area (Å²) in [4.78, 5) is 16.8. The van der Waals surface area contributed by atoms with Crippen molar-refractivity contribution in [3.05, 3.63) is 35.4 Å². The highest BCUT2D eigenvalue weighted by Gasteiger charge is 2.25. The van der Waals surface area contributed by atoms with E-state index < -0.39 is 0 Å². The van der Waals surface area contributed by atoms with Gasteiger partial charge in [0, 0.05) is 45.4 Å². The number of ether oxygens (including phenoxy) is 1. The molecule has 2 heterocycles. The molecular formula is C20H31N3O2. The Morgan fingerprint density at radius 2 is 2.12 bits per heavy atom. The van der Waals surface area contributed by atoms with Crippen LogP contribution in [0.5, 0.6) is 0 Å². The molecule has 1 aromatic rings. The summed E-state index contributed by atoms with van der Waals surface area (Å²) in [7, 11) is 0. The van der Waals surface area contributed by atoms with E-state index in [2.05, 4.69) is 41.4 Å². The van der Waals surface area contributed by atoms with Crippen LogP contribution in [0, 0.1) is 0 Å². The lowest BCUT2D eigenvalue weighted by Gasteiger charge is -2.35. The van der Waals surface area contributed by atoms with Crippen LogP contribution in [0.25, 0.3) is 0 Å². The average molecular weight is 345 g/mol. The van der Waals surface area contributed by atoms with Crippen LogP contribution in [0.2, 0.25) is 0 Å². The van der Waals surface area contributed by atoms with Gasteiger partial charge in [0.1, 0.15) is 0 Å². The predicted octanol–water partition coefficient (Wildman–Crippen LogP) is 2.64. The fourth-order valence-electron chi connectivity index (χ4n) is 3.86. The van der Waals surface area contributed by atoms with E-state index in [4.69, 9.17) is 4.74 Å². The van der Waals surface area contributed by atoms with Crippen LogP contribution >= 0.6 is 0 Å². The van der Waals surface area contributed by atoms with E-state index in [9.17, 15) is 4.79 Å². The fourth-order valence-corrected chi connectivity index (χ4v) is 3.86. The van der Waals surface area contributed by atoms with Crippen molar-refractivity contribution in [2.45, 2.75) is 51.8 Å². The summed E-state index contributed by atoms with van der Waals surface area (Å²) in [6.07, 6.45) is 3.37. The molecule has 1 N–H and O–H groups in total. The summed E-state index contributed by atoms with van der Waals surface area (Å²) < 4.78 is 5.69. The molecule has 138 valence electrons. The van der Waals surface area contributed by atoms with Gasteiger partial charge in [0.15, 0.2) is 0 Å². The number of benzene rings is 1. The quantitative estimate of drug-likeness (QED) is 0.892. The van der Waals surface area contributed by atoms with Gasteiger partial charge in [0.05, 0.1) is 6.10 Å². The molecule has 0 aromatic heterocycles. The largest absolute Gasteiger partial charge is 0.377 e. The Labute approximate surface area is 151 Å². The van der Waals surface area contributed by atoms with Crippen molar-refractivity contribution < 1.29 is 9.53 Å². The Balaban J connectivity index is 1.46. The second kappa shape index (κ2) is 8.68. The first-order valence-corrected chi connectivity index (χ1v) is 9.62. The highest BCUT2D eigenvalue weighted by atomic mass is 16.5. The lowest BCUT2D eigenvalue weighted by molar-refractivity contribution is 0.0162. The van der Waals surface area contributed by atoms with Crippen molar-refractivity contribution in [3.63, 3.8) is 0 Å². The SMILES string of the molecule is CCOC1CCCN(C(=O)NCC(C)N2CCc3ccccc3C2)C1. The van der Waals surface area contributed by atoms with Gasteiger partial charge in [-0.2, -0.15) is 0 Å². The van der Waals surface area contributed by atoms with E-state index in [1.54, 1.807) is 0 Å². The van der Waals surface area contributed by atoms with Gasteiger partial charge in [-0.3, -0.25) is 4.90 Å². The van der Waals surface area contributed by atoms with E-state index in [-0.39, 0.29) is 12.1 Å². The summed E-state index contributed by atoms with van der Waals surface area (Å²) in [5.74, 6) is 0. The highest BCUT2D eigenvalue weighted by molar-refractivity contribution is 5.74. The maximum atomic E-state index is 12.5. The number of urea groups is 1. The lowest BCUT2D eigenvalue weighted by Crippen LogP contribution is -2.51. The van der Waals surface area contributed by atoms with Gasteiger partial charge >= 0.3 is 6.03 Å². The third-order valence-electron chi connectivity index (χ3n) is 5.40. The molecule has 0 aliphatic carbocycles. The molecule has 0 saturated carbocycles. The smallest absolute Gasteiger partial charge is 0.317 e. The number of piperidine rings is 1. The number of hydrogen-bond donors (Lipinski definition) is 1. The Hall–Kier alpha value is -1.59. The molecule has 0 radical (unpaired) electrons. The van der Waals surface area contributed by atoms with Gasteiger partial charge in [-0.05, 0) is 44.2 Å². The summed E-state index contributed by atoms with van der Waals surface area (Å²) in [5.41, 5.74) is 2.88. The van der Waals surface area contributed by atoms with E-state index in [1.807, 2.05) is 11.8 Å². The minimum Gasteiger partial charge on any atom is -0.377 e. The van der Waals surface area contributed by atoms with Gasteiger partial charge in [0.25, 0.3) is 0 Å². The number of rotatable bonds is 5. The second-order valence-corrected chi connectivity index (χ2v) is 7.19. The second-order valence-electron chi connectivity index (χ2n) is 7.19. The first kappa shape index (κ1) is 18.2. The molecule has 0 bridgehead atoms. The van der Waals surface area contributed by atoms with Crippen LogP contribution in [0.1, 0.15) is 37.8 Å². The topological polar surface area (TPSA) is 44.8 Å². The molecule has 3 rings (SSSR count). The zero-order valence-electron chi connectivity index (χ0n) is 15.5. The van der Waals surface area contributed by atoms with Crippen LogP contribution in [0.3, 0.4) is 0 Å². The first-order valence-electron chi connectivity index (χ1n) is 9.62. The molecule has 5 heteroatoms.